The number of carbonyl (C=O) groups excluding carboxylic acids is 2. The molecule has 5 nitrogen and oxygen atoms in total. The lowest BCUT2D eigenvalue weighted by Gasteiger charge is -2.37. The number of carbonyl (C=O) groups is 2. The van der Waals surface area contributed by atoms with Crippen LogP contribution in [0.5, 0.6) is 5.75 Å². The SMILES string of the molecule is C#CCOc1cccc(/C=N\N2C(=O)[C@@H]3[C@@H](C2=O)[C@H]2C=C[C@H]3CC2)c1. The van der Waals surface area contributed by atoms with Crippen LogP contribution in [-0.2, 0) is 9.59 Å². The maximum atomic E-state index is 12.7. The number of hydrogen-bond acceptors (Lipinski definition) is 4. The molecule has 2 fully saturated rings. The molecule has 25 heavy (non-hydrogen) atoms. The van der Waals surface area contributed by atoms with Gasteiger partial charge in [-0.05, 0) is 42.4 Å². The van der Waals surface area contributed by atoms with Crippen LogP contribution < -0.4 is 4.74 Å². The standard InChI is InChI=1S/C20H18N2O3/c1-2-10-25-16-5-3-4-13(11-16)12-21-22-19(23)17-14-6-7-15(9-8-14)18(17)20(22)24/h1,3-7,11-12,14-15,17-18H,8-10H2/b21-12-/t14-,15-,17-,18-/m0/s1. The molecular formula is C20H18N2O3. The van der Waals surface area contributed by atoms with Crippen LogP contribution in [0.4, 0.5) is 0 Å². The number of imide groups is 1. The third-order valence-corrected chi connectivity index (χ3v) is 5.24. The van der Waals surface area contributed by atoms with Gasteiger partial charge in [-0.3, -0.25) is 9.59 Å². The molecular weight excluding hydrogens is 316 g/mol. The number of fused-ring (bicyclic) bond motifs is 1. The van der Waals surface area contributed by atoms with Gasteiger partial charge in [-0.1, -0.05) is 30.2 Å². The summed E-state index contributed by atoms with van der Waals surface area (Å²) in [6.07, 6.45) is 12.9. The van der Waals surface area contributed by atoms with Crippen LogP contribution in [0.15, 0.2) is 41.5 Å². The Bertz CT molecular complexity index is 788. The molecule has 1 saturated heterocycles. The molecule has 5 rings (SSSR count). The lowest BCUT2D eigenvalue weighted by molar-refractivity contribution is -0.140. The van der Waals surface area contributed by atoms with Gasteiger partial charge >= 0.3 is 0 Å². The minimum Gasteiger partial charge on any atom is -0.481 e. The van der Waals surface area contributed by atoms with Crippen molar-refractivity contribution in [3.05, 3.63) is 42.0 Å². The molecule has 0 radical (unpaired) electrons. The fourth-order valence-electron chi connectivity index (χ4n) is 4.11. The van der Waals surface area contributed by atoms with Gasteiger partial charge in [-0.2, -0.15) is 10.1 Å². The lowest BCUT2D eigenvalue weighted by atomic mass is 9.63. The highest BCUT2D eigenvalue weighted by atomic mass is 16.5. The van der Waals surface area contributed by atoms with Crippen LogP contribution in [0.25, 0.3) is 0 Å². The summed E-state index contributed by atoms with van der Waals surface area (Å²) in [5, 5.41) is 5.24. The summed E-state index contributed by atoms with van der Waals surface area (Å²) < 4.78 is 5.37. The maximum Gasteiger partial charge on any atom is 0.254 e. The highest BCUT2D eigenvalue weighted by Crippen LogP contribution is 2.49. The molecule has 2 amide bonds. The van der Waals surface area contributed by atoms with Gasteiger partial charge in [0, 0.05) is 0 Å². The van der Waals surface area contributed by atoms with Crippen molar-refractivity contribution in [1.82, 2.24) is 5.01 Å². The average molecular weight is 334 g/mol. The van der Waals surface area contributed by atoms with Crippen molar-refractivity contribution >= 4 is 18.0 Å². The summed E-state index contributed by atoms with van der Waals surface area (Å²) in [6, 6.07) is 7.20. The van der Waals surface area contributed by atoms with Gasteiger partial charge in [0.15, 0.2) is 0 Å². The molecule has 1 aromatic carbocycles. The number of ether oxygens (including phenoxy) is 1. The van der Waals surface area contributed by atoms with Crippen LogP contribution in [0, 0.1) is 36.0 Å². The van der Waals surface area contributed by atoms with Gasteiger partial charge in [0.2, 0.25) is 0 Å². The first-order valence-corrected chi connectivity index (χ1v) is 8.45. The fraction of sp³-hybridized carbons (Fsp3) is 0.350. The molecule has 0 spiro atoms. The number of benzene rings is 1. The zero-order valence-corrected chi connectivity index (χ0v) is 13.7. The molecule has 5 heteroatoms. The molecule has 4 aliphatic rings. The van der Waals surface area contributed by atoms with Crippen molar-refractivity contribution in [1.29, 1.82) is 0 Å². The first-order valence-electron chi connectivity index (χ1n) is 8.45. The smallest absolute Gasteiger partial charge is 0.254 e. The van der Waals surface area contributed by atoms with E-state index in [-0.39, 0.29) is 42.1 Å². The van der Waals surface area contributed by atoms with Crippen molar-refractivity contribution in [2.24, 2.45) is 28.8 Å². The minimum atomic E-state index is -0.237. The first kappa shape index (κ1) is 15.6. The predicted molar refractivity (Wildman–Crippen MR) is 92.6 cm³/mol. The number of hydrazone groups is 1. The second kappa shape index (κ2) is 6.21. The van der Waals surface area contributed by atoms with Crippen LogP contribution in [0.3, 0.4) is 0 Å². The first-order chi connectivity index (χ1) is 12.2. The summed E-state index contributed by atoms with van der Waals surface area (Å²) in [5.74, 6) is 2.55. The topological polar surface area (TPSA) is 59.0 Å². The Labute approximate surface area is 146 Å². The van der Waals surface area contributed by atoms with E-state index in [2.05, 4.69) is 23.2 Å². The van der Waals surface area contributed by atoms with Crippen molar-refractivity contribution in [2.45, 2.75) is 12.8 Å². The van der Waals surface area contributed by atoms with E-state index in [1.165, 1.54) is 6.21 Å². The second-order valence-corrected chi connectivity index (χ2v) is 6.64. The summed E-state index contributed by atoms with van der Waals surface area (Å²) in [7, 11) is 0. The van der Waals surface area contributed by atoms with E-state index in [1.54, 1.807) is 12.1 Å². The fourth-order valence-corrected chi connectivity index (χ4v) is 4.11. The summed E-state index contributed by atoms with van der Waals surface area (Å²) in [6.45, 7) is 0.183. The van der Waals surface area contributed by atoms with E-state index < -0.39 is 0 Å². The Balaban J connectivity index is 1.54. The number of hydrogen-bond donors (Lipinski definition) is 0. The lowest BCUT2D eigenvalue weighted by Crippen LogP contribution is -2.38. The van der Waals surface area contributed by atoms with Crippen LogP contribution >= 0.6 is 0 Å². The van der Waals surface area contributed by atoms with Crippen LogP contribution in [0.1, 0.15) is 18.4 Å². The number of allylic oxidation sites excluding steroid dienone is 2. The number of terminal acetylenes is 1. The highest BCUT2D eigenvalue weighted by molar-refractivity contribution is 6.06. The summed E-state index contributed by atoms with van der Waals surface area (Å²) in [4.78, 5) is 25.4. The number of amides is 2. The summed E-state index contributed by atoms with van der Waals surface area (Å²) >= 11 is 0. The van der Waals surface area contributed by atoms with E-state index in [0.29, 0.717) is 5.75 Å². The summed E-state index contributed by atoms with van der Waals surface area (Å²) in [5.41, 5.74) is 0.742. The van der Waals surface area contributed by atoms with Gasteiger partial charge in [0.05, 0.1) is 18.1 Å². The molecule has 1 aliphatic heterocycles. The van der Waals surface area contributed by atoms with E-state index >= 15 is 0 Å². The van der Waals surface area contributed by atoms with Crippen LogP contribution in [0.2, 0.25) is 0 Å². The quantitative estimate of drug-likeness (QED) is 0.367. The predicted octanol–water partition coefficient (Wildman–Crippen LogP) is 2.23. The van der Waals surface area contributed by atoms with Gasteiger partial charge in [-0.15, -0.1) is 6.42 Å². The Kier molecular flexibility index (Phi) is 3.89. The largest absolute Gasteiger partial charge is 0.481 e. The van der Waals surface area contributed by atoms with Gasteiger partial charge in [-0.25, -0.2) is 0 Å². The number of nitrogens with zero attached hydrogens (tertiary/aromatic N) is 2. The second-order valence-electron chi connectivity index (χ2n) is 6.64. The normalized spacial score (nSPS) is 30.0. The zero-order chi connectivity index (χ0) is 17.4. The van der Waals surface area contributed by atoms with E-state index in [9.17, 15) is 9.59 Å². The molecule has 2 bridgehead atoms. The molecule has 126 valence electrons. The molecule has 1 aromatic rings. The molecule has 0 unspecified atom stereocenters. The third kappa shape index (κ3) is 2.64. The Morgan fingerprint density at radius 3 is 2.48 bits per heavy atom. The van der Waals surface area contributed by atoms with Crippen molar-refractivity contribution in [3.8, 4) is 18.1 Å². The Morgan fingerprint density at radius 1 is 1.20 bits per heavy atom. The molecule has 1 heterocycles. The molecule has 0 aromatic heterocycles. The number of rotatable bonds is 4. The molecule has 0 N–H and O–H groups in total. The monoisotopic (exact) mass is 334 g/mol. The van der Waals surface area contributed by atoms with Gasteiger partial charge < -0.3 is 4.74 Å². The van der Waals surface area contributed by atoms with Crippen molar-refractivity contribution in [3.63, 3.8) is 0 Å². The van der Waals surface area contributed by atoms with E-state index in [0.717, 1.165) is 23.4 Å². The Hall–Kier alpha value is -2.87. The minimum absolute atomic E-state index is 0.173. The average Bonchev–Trinajstić information content (AvgIpc) is 2.92. The van der Waals surface area contributed by atoms with Gasteiger partial charge in [0.1, 0.15) is 12.4 Å². The van der Waals surface area contributed by atoms with Crippen molar-refractivity contribution in [2.75, 3.05) is 6.61 Å². The third-order valence-electron chi connectivity index (χ3n) is 5.24. The van der Waals surface area contributed by atoms with E-state index in [1.807, 2.05) is 12.1 Å². The molecule has 3 aliphatic carbocycles. The maximum absolute atomic E-state index is 12.7. The molecule has 1 saturated carbocycles. The Morgan fingerprint density at radius 2 is 1.88 bits per heavy atom. The zero-order valence-electron chi connectivity index (χ0n) is 13.7. The van der Waals surface area contributed by atoms with Crippen molar-refractivity contribution < 1.29 is 14.3 Å². The van der Waals surface area contributed by atoms with E-state index in [4.69, 9.17) is 11.2 Å². The van der Waals surface area contributed by atoms with Gasteiger partial charge in [0.25, 0.3) is 11.8 Å². The molecule has 4 atom stereocenters. The highest BCUT2D eigenvalue weighted by Gasteiger charge is 2.56. The van der Waals surface area contributed by atoms with Crippen LogP contribution in [-0.4, -0.2) is 29.6 Å².